The lowest BCUT2D eigenvalue weighted by Crippen LogP contribution is -2.30. The van der Waals surface area contributed by atoms with Crippen LogP contribution in [0.1, 0.15) is 30.3 Å². The number of rotatable bonds is 5. The number of hydrogen-bond acceptors (Lipinski definition) is 6. The molecule has 3 aromatic rings. The van der Waals surface area contributed by atoms with Crippen molar-refractivity contribution in [2.45, 2.75) is 25.4 Å². The topological polar surface area (TPSA) is 90.0 Å². The fraction of sp³-hybridized carbons (Fsp3) is 0.364. The van der Waals surface area contributed by atoms with Gasteiger partial charge in [0.05, 0.1) is 41.3 Å². The second-order valence-corrected chi connectivity index (χ2v) is 7.46. The summed E-state index contributed by atoms with van der Waals surface area (Å²) in [6.07, 6.45) is 4.72. The molecule has 1 aliphatic heterocycles. The average molecular weight is 390 g/mol. The lowest BCUT2D eigenvalue weighted by molar-refractivity contribution is -0.116. The quantitative estimate of drug-likeness (QED) is 0.665. The zero-order valence-electron chi connectivity index (χ0n) is 16.7. The Kier molecular flexibility index (Phi) is 4.91. The Morgan fingerprint density at radius 2 is 2.24 bits per heavy atom. The molecular formula is C22H22N4O3. The molecule has 0 radical (unpaired) electrons. The maximum atomic E-state index is 11.5. The number of nitriles is 1. The highest BCUT2D eigenvalue weighted by atomic mass is 16.5. The molecule has 4 rings (SSSR count). The van der Waals surface area contributed by atoms with E-state index in [0.717, 1.165) is 16.5 Å². The van der Waals surface area contributed by atoms with Gasteiger partial charge < -0.3 is 14.0 Å². The lowest BCUT2D eigenvalue weighted by atomic mass is 9.95. The Labute approximate surface area is 168 Å². The summed E-state index contributed by atoms with van der Waals surface area (Å²) in [6, 6.07) is 7.72. The van der Waals surface area contributed by atoms with Gasteiger partial charge in [-0.15, -0.1) is 0 Å². The molecule has 0 saturated carbocycles. The van der Waals surface area contributed by atoms with Crippen molar-refractivity contribution < 1.29 is 14.3 Å². The molecule has 1 saturated heterocycles. The highest BCUT2D eigenvalue weighted by Gasteiger charge is 2.39. The molecule has 7 nitrogen and oxygen atoms in total. The summed E-state index contributed by atoms with van der Waals surface area (Å²) in [5.74, 6) is 0.0597. The summed E-state index contributed by atoms with van der Waals surface area (Å²) in [6.45, 7) is 2.55. The van der Waals surface area contributed by atoms with E-state index in [9.17, 15) is 10.1 Å². The summed E-state index contributed by atoms with van der Waals surface area (Å²) in [5.41, 5.74) is 3.79. The number of pyridine rings is 2. The van der Waals surface area contributed by atoms with Crippen molar-refractivity contribution in [3.05, 3.63) is 47.5 Å². The molecule has 1 atom stereocenters. The summed E-state index contributed by atoms with van der Waals surface area (Å²) in [4.78, 5) is 20.8. The molecule has 0 spiro atoms. The fourth-order valence-corrected chi connectivity index (χ4v) is 3.86. The highest BCUT2D eigenvalue weighted by Crippen LogP contribution is 2.36. The third-order valence-electron chi connectivity index (χ3n) is 5.44. The minimum Gasteiger partial charge on any atom is -0.378 e. The SMILES string of the molecule is CO[C@]1(c2cc(C#N)cc(-c3cn(C)c4cnc(CC(C)=O)cc34)n2)CCOC1. The van der Waals surface area contributed by atoms with Crippen molar-refractivity contribution in [1.82, 2.24) is 14.5 Å². The highest BCUT2D eigenvalue weighted by molar-refractivity contribution is 5.95. The predicted molar refractivity (Wildman–Crippen MR) is 107 cm³/mol. The first-order valence-electron chi connectivity index (χ1n) is 9.45. The van der Waals surface area contributed by atoms with Gasteiger partial charge in [0.25, 0.3) is 0 Å². The number of methoxy groups -OCH3 is 1. The number of hydrogen-bond donors (Lipinski definition) is 0. The molecule has 1 aliphatic rings. The van der Waals surface area contributed by atoms with E-state index < -0.39 is 5.60 Å². The molecule has 7 heteroatoms. The number of aryl methyl sites for hydroxylation is 1. The van der Waals surface area contributed by atoms with Crippen LogP contribution in [0.4, 0.5) is 0 Å². The third-order valence-corrected chi connectivity index (χ3v) is 5.44. The van der Waals surface area contributed by atoms with Gasteiger partial charge in [0.2, 0.25) is 0 Å². The number of aromatic nitrogens is 3. The number of Topliss-reactive ketones (excluding diaryl/α,β-unsaturated/α-hetero) is 1. The smallest absolute Gasteiger partial charge is 0.135 e. The molecule has 3 aromatic heterocycles. The van der Waals surface area contributed by atoms with Gasteiger partial charge >= 0.3 is 0 Å². The Morgan fingerprint density at radius 1 is 1.41 bits per heavy atom. The summed E-state index contributed by atoms with van der Waals surface area (Å²) >= 11 is 0. The molecule has 1 fully saturated rings. The van der Waals surface area contributed by atoms with E-state index in [2.05, 4.69) is 11.1 Å². The first kappa shape index (κ1) is 19.2. The minimum atomic E-state index is -0.645. The van der Waals surface area contributed by atoms with Crippen LogP contribution in [0.2, 0.25) is 0 Å². The third kappa shape index (κ3) is 3.41. The first-order chi connectivity index (χ1) is 14.0. The molecule has 0 bridgehead atoms. The van der Waals surface area contributed by atoms with E-state index in [1.54, 1.807) is 32.4 Å². The average Bonchev–Trinajstić information content (AvgIpc) is 3.33. The van der Waals surface area contributed by atoms with Crippen LogP contribution in [-0.2, 0) is 33.3 Å². The fourth-order valence-electron chi connectivity index (χ4n) is 3.86. The Balaban J connectivity index is 1.90. The van der Waals surface area contributed by atoms with Gasteiger partial charge in [-0.1, -0.05) is 0 Å². The molecule has 0 amide bonds. The monoisotopic (exact) mass is 390 g/mol. The van der Waals surface area contributed by atoms with Crippen LogP contribution in [0.5, 0.6) is 0 Å². The van der Waals surface area contributed by atoms with Gasteiger partial charge in [-0.25, -0.2) is 4.98 Å². The van der Waals surface area contributed by atoms with Crippen molar-refractivity contribution in [3.8, 4) is 17.3 Å². The maximum absolute atomic E-state index is 11.5. The van der Waals surface area contributed by atoms with Gasteiger partial charge in [-0.05, 0) is 25.1 Å². The van der Waals surface area contributed by atoms with E-state index in [1.165, 1.54) is 0 Å². The van der Waals surface area contributed by atoms with Crippen LogP contribution < -0.4 is 0 Å². The standard InChI is InChI=1S/C22H22N4O3/c1-14(27)6-16-9-17-18(12-26(2)20(17)11-24-16)19-7-15(10-23)8-21(25-19)22(28-3)4-5-29-13-22/h7-9,11-12H,4-6,13H2,1-3H3/t22-/m1/s1. The van der Waals surface area contributed by atoms with Crippen LogP contribution in [0.15, 0.2) is 30.6 Å². The van der Waals surface area contributed by atoms with E-state index in [4.69, 9.17) is 14.5 Å². The molecule has 4 heterocycles. The van der Waals surface area contributed by atoms with Crippen LogP contribution in [0, 0.1) is 11.3 Å². The van der Waals surface area contributed by atoms with Crippen LogP contribution >= 0.6 is 0 Å². The van der Waals surface area contributed by atoms with Gasteiger partial charge in [0.1, 0.15) is 11.4 Å². The van der Waals surface area contributed by atoms with E-state index in [-0.39, 0.29) is 12.2 Å². The first-order valence-corrected chi connectivity index (χ1v) is 9.45. The molecule has 0 unspecified atom stereocenters. The second-order valence-electron chi connectivity index (χ2n) is 7.46. The maximum Gasteiger partial charge on any atom is 0.135 e. The zero-order chi connectivity index (χ0) is 20.6. The lowest BCUT2D eigenvalue weighted by Gasteiger charge is -2.25. The van der Waals surface area contributed by atoms with Crippen molar-refractivity contribution in [2.24, 2.45) is 7.05 Å². The van der Waals surface area contributed by atoms with Crippen molar-refractivity contribution in [3.63, 3.8) is 0 Å². The number of nitrogens with zero attached hydrogens (tertiary/aromatic N) is 4. The van der Waals surface area contributed by atoms with Crippen molar-refractivity contribution >= 4 is 16.7 Å². The summed E-state index contributed by atoms with van der Waals surface area (Å²) in [7, 11) is 3.58. The summed E-state index contributed by atoms with van der Waals surface area (Å²) < 4.78 is 13.3. The van der Waals surface area contributed by atoms with Gasteiger partial charge in [-0.3, -0.25) is 9.78 Å². The van der Waals surface area contributed by atoms with Gasteiger partial charge in [-0.2, -0.15) is 5.26 Å². The number of fused-ring (bicyclic) bond motifs is 1. The van der Waals surface area contributed by atoms with Crippen molar-refractivity contribution in [2.75, 3.05) is 20.3 Å². The molecular weight excluding hydrogens is 368 g/mol. The number of carbonyl (C=O) groups is 1. The van der Waals surface area contributed by atoms with E-state index in [0.29, 0.717) is 42.3 Å². The zero-order valence-corrected chi connectivity index (χ0v) is 16.7. The molecule has 0 aromatic carbocycles. The summed E-state index contributed by atoms with van der Waals surface area (Å²) in [5, 5.41) is 10.5. The molecule has 29 heavy (non-hydrogen) atoms. The van der Waals surface area contributed by atoms with Crippen LogP contribution in [0.25, 0.3) is 22.2 Å². The van der Waals surface area contributed by atoms with Crippen molar-refractivity contribution in [1.29, 1.82) is 5.26 Å². The number of ketones is 1. The number of ether oxygens (including phenoxy) is 2. The Hall–Kier alpha value is -3.08. The number of carbonyl (C=O) groups excluding carboxylic acids is 1. The molecule has 0 N–H and O–H groups in total. The predicted octanol–water partition coefficient (Wildman–Crippen LogP) is 2.90. The van der Waals surface area contributed by atoms with Crippen LogP contribution in [-0.4, -0.2) is 40.6 Å². The molecule has 148 valence electrons. The molecule has 0 aliphatic carbocycles. The normalized spacial score (nSPS) is 18.8. The van der Waals surface area contributed by atoms with Gasteiger partial charge in [0, 0.05) is 56.4 Å². The Morgan fingerprint density at radius 3 is 2.90 bits per heavy atom. The van der Waals surface area contributed by atoms with Crippen LogP contribution in [0.3, 0.4) is 0 Å². The van der Waals surface area contributed by atoms with E-state index >= 15 is 0 Å². The minimum absolute atomic E-state index is 0.0597. The van der Waals surface area contributed by atoms with Gasteiger partial charge in [0.15, 0.2) is 0 Å². The largest absolute Gasteiger partial charge is 0.378 e. The second kappa shape index (κ2) is 7.39. The Bertz CT molecular complexity index is 1140. The van der Waals surface area contributed by atoms with E-state index in [1.807, 2.05) is 23.9 Å².